The molecule has 2 aromatic heterocycles. The second-order valence-corrected chi connectivity index (χ2v) is 6.27. The van der Waals surface area contributed by atoms with E-state index in [0.29, 0.717) is 18.0 Å². The Morgan fingerprint density at radius 2 is 2.00 bits per heavy atom. The predicted molar refractivity (Wildman–Crippen MR) is 101 cm³/mol. The summed E-state index contributed by atoms with van der Waals surface area (Å²) < 4.78 is 7.67. The van der Waals surface area contributed by atoms with Crippen LogP contribution in [0, 0.1) is 0 Å². The highest BCUT2D eigenvalue weighted by atomic mass is 32.1. The Labute approximate surface area is 146 Å². The minimum absolute atomic E-state index is 0.448. The summed E-state index contributed by atoms with van der Waals surface area (Å²) >= 11 is 5.10. The first-order valence-electron chi connectivity index (χ1n) is 7.66. The van der Waals surface area contributed by atoms with E-state index in [9.17, 15) is 0 Å². The number of nitrogens with two attached hydrogens (primary N) is 1. The molecular formula is C19H19N3OS. The molecule has 2 N–H and O–H groups in total. The van der Waals surface area contributed by atoms with E-state index in [1.165, 1.54) is 0 Å². The third-order valence-corrected chi connectivity index (χ3v) is 3.73. The van der Waals surface area contributed by atoms with Gasteiger partial charge in [0.05, 0.1) is 16.4 Å². The van der Waals surface area contributed by atoms with Gasteiger partial charge in [-0.05, 0) is 48.9 Å². The van der Waals surface area contributed by atoms with Crippen LogP contribution in [-0.2, 0) is 6.42 Å². The second-order valence-electron chi connectivity index (χ2n) is 5.75. The highest BCUT2D eigenvalue weighted by Crippen LogP contribution is 2.27. The van der Waals surface area contributed by atoms with Crippen LogP contribution in [0.2, 0.25) is 0 Å². The summed E-state index contributed by atoms with van der Waals surface area (Å²) in [5.74, 6) is 0.807. The molecule has 122 valence electrons. The lowest BCUT2D eigenvalue weighted by atomic mass is 10.1. The van der Waals surface area contributed by atoms with Gasteiger partial charge in [-0.25, -0.2) is 4.98 Å². The van der Waals surface area contributed by atoms with Crippen molar-refractivity contribution in [2.24, 2.45) is 5.73 Å². The number of thiocarbonyl (C=S) groups is 1. The van der Waals surface area contributed by atoms with Crippen LogP contribution in [0.15, 0.2) is 60.8 Å². The van der Waals surface area contributed by atoms with Gasteiger partial charge >= 0.3 is 0 Å². The van der Waals surface area contributed by atoms with Gasteiger partial charge in [-0.2, -0.15) is 0 Å². The summed E-state index contributed by atoms with van der Waals surface area (Å²) in [4.78, 5) is 5.18. The number of fused-ring (bicyclic) bond motifs is 1. The first-order chi connectivity index (χ1) is 11.5. The Hall–Kier alpha value is -2.66. The molecule has 0 aliphatic rings. The molecule has 1 aromatic carbocycles. The number of benzene rings is 1. The van der Waals surface area contributed by atoms with Gasteiger partial charge < -0.3 is 14.9 Å². The average Bonchev–Trinajstić information content (AvgIpc) is 2.91. The van der Waals surface area contributed by atoms with Crippen molar-refractivity contribution in [3.05, 3.63) is 66.5 Å². The van der Waals surface area contributed by atoms with Crippen LogP contribution in [0.5, 0.6) is 5.75 Å². The maximum absolute atomic E-state index is 5.78. The fourth-order valence-corrected chi connectivity index (χ4v) is 2.66. The number of imidazole rings is 1. The number of aromatic nitrogens is 2. The Balaban J connectivity index is 1.99. The average molecular weight is 337 g/mol. The molecule has 5 heteroatoms. The lowest BCUT2D eigenvalue weighted by Crippen LogP contribution is -2.13. The van der Waals surface area contributed by atoms with E-state index in [1.807, 2.05) is 60.0 Å². The van der Waals surface area contributed by atoms with Gasteiger partial charge in [0.1, 0.15) is 18.0 Å². The molecule has 0 aliphatic carbocycles. The highest BCUT2D eigenvalue weighted by molar-refractivity contribution is 7.80. The summed E-state index contributed by atoms with van der Waals surface area (Å²) in [6.07, 6.45) is 2.48. The molecule has 0 saturated heterocycles. The van der Waals surface area contributed by atoms with Gasteiger partial charge in [-0.1, -0.05) is 24.9 Å². The lowest BCUT2D eigenvalue weighted by molar-refractivity contribution is 0.353. The molecule has 2 heterocycles. The molecule has 0 unspecified atom stereocenters. The van der Waals surface area contributed by atoms with E-state index >= 15 is 0 Å². The standard InChI is InChI=1S/C19H19N3OS/c1-13(2)12-23-15-8-6-14(7-9-15)19-16(11-17(20)24)22-10-4-3-5-18(22)21-19/h3-10H,1,11-12H2,2H3,(H2,20,24). The minimum Gasteiger partial charge on any atom is -0.489 e. The largest absolute Gasteiger partial charge is 0.489 e. The predicted octanol–water partition coefficient (Wildman–Crippen LogP) is 3.78. The first kappa shape index (κ1) is 16.2. The van der Waals surface area contributed by atoms with Crippen LogP contribution in [0.25, 0.3) is 16.9 Å². The van der Waals surface area contributed by atoms with Crippen LogP contribution in [0.1, 0.15) is 12.6 Å². The normalized spacial score (nSPS) is 10.7. The molecular weight excluding hydrogens is 318 g/mol. The third-order valence-electron chi connectivity index (χ3n) is 3.58. The summed E-state index contributed by atoms with van der Waals surface area (Å²) in [5, 5.41) is 0. The van der Waals surface area contributed by atoms with Crippen molar-refractivity contribution in [3.8, 4) is 17.0 Å². The quantitative estimate of drug-likeness (QED) is 0.549. The maximum atomic E-state index is 5.78. The van der Waals surface area contributed by atoms with Crippen molar-refractivity contribution in [3.63, 3.8) is 0 Å². The first-order valence-corrected chi connectivity index (χ1v) is 8.07. The number of pyridine rings is 1. The fraction of sp³-hybridized carbons (Fsp3) is 0.158. The smallest absolute Gasteiger partial charge is 0.137 e. The van der Waals surface area contributed by atoms with Crippen LogP contribution in [-0.4, -0.2) is 21.0 Å². The molecule has 0 spiro atoms. The third kappa shape index (κ3) is 3.46. The van der Waals surface area contributed by atoms with Crippen molar-refractivity contribution < 1.29 is 4.74 Å². The van der Waals surface area contributed by atoms with Crippen molar-refractivity contribution >= 4 is 22.9 Å². The van der Waals surface area contributed by atoms with Crippen molar-refractivity contribution in [1.82, 2.24) is 9.38 Å². The van der Waals surface area contributed by atoms with Crippen LogP contribution in [0.3, 0.4) is 0 Å². The Morgan fingerprint density at radius 3 is 2.67 bits per heavy atom. The molecule has 0 amide bonds. The van der Waals surface area contributed by atoms with Gasteiger partial charge in [0, 0.05) is 18.2 Å². The van der Waals surface area contributed by atoms with E-state index in [0.717, 1.165) is 33.9 Å². The molecule has 0 radical (unpaired) electrons. The number of hydrogen-bond acceptors (Lipinski definition) is 3. The Morgan fingerprint density at radius 1 is 1.25 bits per heavy atom. The van der Waals surface area contributed by atoms with Gasteiger partial charge in [0.2, 0.25) is 0 Å². The molecule has 3 aromatic rings. The lowest BCUT2D eigenvalue weighted by Gasteiger charge is -2.07. The van der Waals surface area contributed by atoms with Gasteiger partial charge in [0.15, 0.2) is 0 Å². The molecule has 0 atom stereocenters. The van der Waals surface area contributed by atoms with E-state index in [-0.39, 0.29) is 0 Å². The summed E-state index contributed by atoms with van der Waals surface area (Å²) in [5.41, 5.74) is 10.5. The number of nitrogens with zero attached hydrogens (tertiary/aromatic N) is 2. The molecule has 0 bridgehead atoms. The topological polar surface area (TPSA) is 52.5 Å². The zero-order valence-corrected chi connectivity index (χ0v) is 14.3. The van der Waals surface area contributed by atoms with Crippen molar-refractivity contribution in [2.75, 3.05) is 6.61 Å². The molecule has 3 rings (SSSR count). The van der Waals surface area contributed by atoms with Crippen molar-refractivity contribution in [1.29, 1.82) is 0 Å². The van der Waals surface area contributed by atoms with E-state index in [1.54, 1.807) is 0 Å². The molecule has 0 fully saturated rings. The van der Waals surface area contributed by atoms with Crippen LogP contribution < -0.4 is 10.5 Å². The van der Waals surface area contributed by atoms with Crippen LogP contribution >= 0.6 is 12.2 Å². The molecule has 0 saturated carbocycles. The summed E-state index contributed by atoms with van der Waals surface area (Å²) in [6.45, 7) is 6.29. The summed E-state index contributed by atoms with van der Waals surface area (Å²) in [7, 11) is 0. The number of rotatable bonds is 6. The van der Waals surface area contributed by atoms with Gasteiger partial charge in [0.25, 0.3) is 0 Å². The zero-order chi connectivity index (χ0) is 17.1. The number of ether oxygens (including phenoxy) is 1. The molecule has 4 nitrogen and oxygen atoms in total. The second kappa shape index (κ2) is 6.84. The number of hydrogen-bond donors (Lipinski definition) is 1. The summed E-state index contributed by atoms with van der Waals surface area (Å²) in [6, 6.07) is 13.8. The van der Waals surface area contributed by atoms with E-state index in [2.05, 4.69) is 6.58 Å². The zero-order valence-electron chi connectivity index (χ0n) is 13.5. The van der Waals surface area contributed by atoms with E-state index < -0.39 is 0 Å². The minimum atomic E-state index is 0.448. The highest BCUT2D eigenvalue weighted by Gasteiger charge is 2.14. The molecule has 0 aliphatic heterocycles. The maximum Gasteiger partial charge on any atom is 0.137 e. The van der Waals surface area contributed by atoms with Crippen LogP contribution in [0.4, 0.5) is 0 Å². The monoisotopic (exact) mass is 337 g/mol. The fourth-order valence-electron chi connectivity index (χ4n) is 2.53. The van der Waals surface area contributed by atoms with Gasteiger partial charge in [-0.15, -0.1) is 0 Å². The van der Waals surface area contributed by atoms with E-state index in [4.69, 9.17) is 27.7 Å². The molecule has 24 heavy (non-hydrogen) atoms. The Bertz CT molecular complexity index is 897. The van der Waals surface area contributed by atoms with Crippen molar-refractivity contribution in [2.45, 2.75) is 13.3 Å². The Kier molecular flexibility index (Phi) is 4.62. The van der Waals surface area contributed by atoms with Gasteiger partial charge in [-0.3, -0.25) is 0 Å². The SMILES string of the molecule is C=C(C)COc1ccc(-c2nc3ccccn3c2CC(N)=S)cc1.